The number of ether oxygens (including phenoxy) is 1. The minimum Gasteiger partial charge on any atom is -0.484 e. The number of carbonyl (C=O) groups is 2. The summed E-state index contributed by atoms with van der Waals surface area (Å²) in [5.74, 6) is -1.11. The largest absolute Gasteiger partial charge is 0.484 e. The number of benzene rings is 2. The number of amides is 2. The van der Waals surface area contributed by atoms with Crippen molar-refractivity contribution in [3.63, 3.8) is 0 Å². The molecule has 0 aliphatic carbocycles. The van der Waals surface area contributed by atoms with E-state index < -0.39 is 11.7 Å². The molecule has 2 aromatic carbocycles. The summed E-state index contributed by atoms with van der Waals surface area (Å²) < 4.78 is 18.3. The van der Waals surface area contributed by atoms with E-state index in [1.54, 1.807) is 0 Å². The summed E-state index contributed by atoms with van der Waals surface area (Å²) in [6.45, 7) is 5.32. The fourth-order valence-corrected chi connectivity index (χ4v) is 2.68. The van der Waals surface area contributed by atoms with Crippen molar-refractivity contribution in [1.82, 2.24) is 5.32 Å². The van der Waals surface area contributed by atoms with E-state index in [1.165, 1.54) is 12.1 Å². The Bertz CT molecular complexity index is 817. The summed E-state index contributed by atoms with van der Waals surface area (Å²) in [6, 6.07) is 7.74. The van der Waals surface area contributed by atoms with Gasteiger partial charge in [0, 0.05) is 11.8 Å². The first-order valence-corrected chi connectivity index (χ1v) is 8.36. The highest BCUT2D eigenvalue weighted by atomic mass is 35.5. The number of nitrogens with one attached hydrogen (secondary N) is 2. The van der Waals surface area contributed by atoms with Crippen LogP contribution in [-0.2, 0) is 9.59 Å². The van der Waals surface area contributed by atoms with E-state index in [9.17, 15) is 14.0 Å². The molecule has 2 amide bonds. The summed E-state index contributed by atoms with van der Waals surface area (Å²) >= 11 is 5.64. The van der Waals surface area contributed by atoms with Crippen LogP contribution >= 0.6 is 11.6 Å². The van der Waals surface area contributed by atoms with Crippen LogP contribution in [0.25, 0.3) is 0 Å². The Kier molecular flexibility index (Phi) is 6.58. The Labute approximate surface area is 156 Å². The normalized spacial score (nSPS) is 10.3. The molecule has 0 aromatic heterocycles. The van der Waals surface area contributed by atoms with Gasteiger partial charge in [-0.3, -0.25) is 9.59 Å². The molecule has 2 N–H and O–H groups in total. The molecular weight excluding hydrogens is 359 g/mol. The number of aryl methyl sites for hydroxylation is 3. The van der Waals surface area contributed by atoms with Gasteiger partial charge in [-0.05, 0) is 44.0 Å². The van der Waals surface area contributed by atoms with E-state index in [4.69, 9.17) is 16.3 Å². The molecule has 0 atom stereocenters. The highest BCUT2D eigenvalue weighted by molar-refractivity contribution is 6.30. The zero-order chi connectivity index (χ0) is 19.3. The Morgan fingerprint density at radius 2 is 1.73 bits per heavy atom. The predicted molar refractivity (Wildman–Crippen MR) is 99.2 cm³/mol. The molecule has 138 valence electrons. The highest BCUT2D eigenvalue weighted by Crippen LogP contribution is 2.22. The van der Waals surface area contributed by atoms with Crippen molar-refractivity contribution in [1.29, 1.82) is 0 Å². The van der Waals surface area contributed by atoms with Gasteiger partial charge in [0.1, 0.15) is 11.6 Å². The van der Waals surface area contributed by atoms with Crippen molar-refractivity contribution in [2.75, 3.05) is 18.5 Å². The SMILES string of the molecule is Cc1cc(C)c(NC(=O)CNC(=O)COc2ccc(F)c(Cl)c2)c(C)c1. The van der Waals surface area contributed by atoms with Crippen LogP contribution in [0.15, 0.2) is 30.3 Å². The molecular formula is C19H20ClFN2O3. The first-order chi connectivity index (χ1) is 12.3. The summed E-state index contributed by atoms with van der Waals surface area (Å²) in [5, 5.41) is 5.17. The average Bonchev–Trinajstić information content (AvgIpc) is 2.57. The van der Waals surface area contributed by atoms with Crippen molar-refractivity contribution in [2.45, 2.75) is 20.8 Å². The van der Waals surface area contributed by atoms with E-state index in [-0.39, 0.29) is 29.8 Å². The molecule has 5 nitrogen and oxygen atoms in total. The van der Waals surface area contributed by atoms with Gasteiger partial charge in [-0.25, -0.2) is 4.39 Å². The second-order valence-corrected chi connectivity index (χ2v) is 6.37. The van der Waals surface area contributed by atoms with E-state index >= 15 is 0 Å². The first-order valence-electron chi connectivity index (χ1n) is 7.98. The lowest BCUT2D eigenvalue weighted by molar-refractivity contribution is -0.125. The lowest BCUT2D eigenvalue weighted by Crippen LogP contribution is -2.36. The van der Waals surface area contributed by atoms with Gasteiger partial charge in [-0.2, -0.15) is 0 Å². The maximum atomic E-state index is 13.1. The van der Waals surface area contributed by atoms with Gasteiger partial charge in [0.15, 0.2) is 6.61 Å². The number of anilines is 1. The van der Waals surface area contributed by atoms with Crippen molar-refractivity contribution in [3.8, 4) is 5.75 Å². The second-order valence-electron chi connectivity index (χ2n) is 5.96. The lowest BCUT2D eigenvalue weighted by Gasteiger charge is -2.13. The van der Waals surface area contributed by atoms with Gasteiger partial charge in [-0.1, -0.05) is 29.3 Å². The van der Waals surface area contributed by atoms with Crippen LogP contribution in [0, 0.1) is 26.6 Å². The van der Waals surface area contributed by atoms with Crippen LogP contribution in [0.4, 0.5) is 10.1 Å². The molecule has 0 spiro atoms. The highest BCUT2D eigenvalue weighted by Gasteiger charge is 2.10. The van der Waals surface area contributed by atoms with Crippen LogP contribution in [0.1, 0.15) is 16.7 Å². The fraction of sp³-hybridized carbons (Fsp3) is 0.263. The summed E-state index contributed by atoms with van der Waals surface area (Å²) in [4.78, 5) is 23.8. The number of carbonyl (C=O) groups excluding carboxylic acids is 2. The third-order valence-electron chi connectivity index (χ3n) is 3.65. The van der Waals surface area contributed by atoms with E-state index in [0.29, 0.717) is 0 Å². The fourth-order valence-electron chi connectivity index (χ4n) is 2.51. The maximum Gasteiger partial charge on any atom is 0.258 e. The van der Waals surface area contributed by atoms with Crippen LogP contribution in [0.3, 0.4) is 0 Å². The molecule has 0 bridgehead atoms. The van der Waals surface area contributed by atoms with Crippen LogP contribution in [-0.4, -0.2) is 25.0 Å². The molecule has 0 aliphatic heterocycles. The van der Waals surface area contributed by atoms with Crippen molar-refractivity contribution in [3.05, 3.63) is 57.9 Å². The number of hydrogen-bond acceptors (Lipinski definition) is 3. The average molecular weight is 379 g/mol. The molecule has 0 heterocycles. The predicted octanol–water partition coefficient (Wildman–Crippen LogP) is 3.54. The van der Waals surface area contributed by atoms with Crippen LogP contribution < -0.4 is 15.4 Å². The van der Waals surface area contributed by atoms with Gasteiger partial charge in [0.2, 0.25) is 5.91 Å². The molecule has 0 aliphatic rings. The molecule has 0 unspecified atom stereocenters. The topological polar surface area (TPSA) is 67.4 Å². The van der Waals surface area contributed by atoms with Gasteiger partial charge in [-0.15, -0.1) is 0 Å². The number of rotatable bonds is 6. The minimum atomic E-state index is -0.568. The zero-order valence-corrected chi connectivity index (χ0v) is 15.5. The molecule has 7 heteroatoms. The van der Waals surface area contributed by atoms with E-state index in [0.717, 1.165) is 28.4 Å². The monoisotopic (exact) mass is 378 g/mol. The molecule has 0 saturated carbocycles. The Morgan fingerprint density at radius 1 is 1.08 bits per heavy atom. The molecule has 26 heavy (non-hydrogen) atoms. The Balaban J connectivity index is 1.81. The maximum absolute atomic E-state index is 13.1. The van der Waals surface area contributed by atoms with E-state index in [2.05, 4.69) is 10.6 Å². The summed E-state index contributed by atoms with van der Waals surface area (Å²) in [5.41, 5.74) is 3.77. The van der Waals surface area contributed by atoms with Crippen molar-refractivity contribution in [2.24, 2.45) is 0 Å². The van der Waals surface area contributed by atoms with Crippen molar-refractivity contribution < 1.29 is 18.7 Å². The smallest absolute Gasteiger partial charge is 0.258 e. The standard InChI is InChI=1S/C19H20ClFN2O3/c1-11-6-12(2)19(13(3)7-11)23-17(24)9-22-18(25)10-26-14-4-5-16(21)15(20)8-14/h4-8H,9-10H2,1-3H3,(H,22,25)(H,23,24). The summed E-state index contributed by atoms with van der Waals surface area (Å²) in [7, 11) is 0. The van der Waals surface area contributed by atoms with Gasteiger partial charge >= 0.3 is 0 Å². The molecule has 2 rings (SSSR count). The quantitative estimate of drug-likeness (QED) is 0.808. The minimum absolute atomic E-state index is 0.0916. The number of hydrogen-bond donors (Lipinski definition) is 2. The molecule has 0 radical (unpaired) electrons. The third kappa shape index (κ3) is 5.46. The van der Waals surface area contributed by atoms with Gasteiger partial charge in [0.25, 0.3) is 5.91 Å². The molecule has 2 aromatic rings. The first kappa shape index (κ1) is 19.7. The second kappa shape index (κ2) is 8.67. The van der Waals surface area contributed by atoms with Crippen LogP contribution in [0.5, 0.6) is 5.75 Å². The van der Waals surface area contributed by atoms with Crippen molar-refractivity contribution >= 4 is 29.1 Å². The number of halogens is 2. The summed E-state index contributed by atoms with van der Waals surface area (Å²) in [6.07, 6.45) is 0. The third-order valence-corrected chi connectivity index (χ3v) is 3.94. The molecule has 0 fully saturated rings. The van der Waals surface area contributed by atoms with Gasteiger partial charge in [0.05, 0.1) is 11.6 Å². The lowest BCUT2D eigenvalue weighted by atomic mass is 10.1. The Morgan fingerprint density at radius 3 is 2.35 bits per heavy atom. The van der Waals surface area contributed by atoms with Crippen LogP contribution in [0.2, 0.25) is 5.02 Å². The Hall–Kier alpha value is -2.60. The van der Waals surface area contributed by atoms with E-state index in [1.807, 2.05) is 32.9 Å². The van der Waals surface area contributed by atoms with Gasteiger partial charge < -0.3 is 15.4 Å². The zero-order valence-electron chi connectivity index (χ0n) is 14.8. The molecule has 0 saturated heterocycles.